The van der Waals surface area contributed by atoms with Gasteiger partial charge in [-0.15, -0.1) is 10.2 Å². The van der Waals surface area contributed by atoms with Crippen molar-refractivity contribution in [3.05, 3.63) is 71.0 Å². The van der Waals surface area contributed by atoms with Crippen LogP contribution in [0.15, 0.2) is 53.7 Å². The lowest BCUT2D eigenvalue weighted by Crippen LogP contribution is -2.24. The lowest BCUT2D eigenvalue weighted by molar-refractivity contribution is 0.0949. The van der Waals surface area contributed by atoms with Crippen LogP contribution in [0.3, 0.4) is 0 Å². The molecular formula is C21H24N4OS. The molecule has 0 radical (unpaired) electrons. The van der Waals surface area contributed by atoms with E-state index in [1.807, 2.05) is 47.9 Å². The summed E-state index contributed by atoms with van der Waals surface area (Å²) in [4.78, 5) is 12.5. The zero-order valence-electron chi connectivity index (χ0n) is 15.9. The summed E-state index contributed by atoms with van der Waals surface area (Å²) in [6.07, 6.45) is 1.06. The van der Waals surface area contributed by atoms with Gasteiger partial charge in [0.2, 0.25) is 0 Å². The molecule has 0 saturated heterocycles. The Balaban J connectivity index is 1.84. The minimum atomic E-state index is -0.111. The Bertz CT molecular complexity index is 935. The quantitative estimate of drug-likeness (QED) is 0.620. The van der Waals surface area contributed by atoms with Crippen molar-refractivity contribution >= 4 is 17.7 Å². The molecule has 27 heavy (non-hydrogen) atoms. The van der Waals surface area contributed by atoms with Crippen molar-refractivity contribution < 1.29 is 4.79 Å². The average molecular weight is 381 g/mol. The van der Waals surface area contributed by atoms with Crippen LogP contribution in [0.1, 0.15) is 40.7 Å². The normalized spacial score (nSPS) is 10.8. The number of carbonyl (C=O) groups excluding carboxylic acids is 1. The number of aromatic nitrogens is 3. The second-order valence-corrected chi connectivity index (χ2v) is 7.54. The minimum absolute atomic E-state index is 0.111. The highest BCUT2D eigenvalue weighted by molar-refractivity contribution is 7.99. The van der Waals surface area contributed by atoms with Crippen LogP contribution < -0.4 is 5.32 Å². The van der Waals surface area contributed by atoms with Crippen molar-refractivity contribution in [2.24, 2.45) is 0 Å². The average Bonchev–Trinajstić information content (AvgIpc) is 3.07. The van der Waals surface area contributed by atoms with E-state index in [9.17, 15) is 4.79 Å². The Hall–Kier alpha value is -2.60. The molecule has 0 atom stereocenters. The van der Waals surface area contributed by atoms with E-state index in [2.05, 4.69) is 41.5 Å². The van der Waals surface area contributed by atoms with Crippen molar-refractivity contribution in [3.8, 4) is 5.69 Å². The minimum Gasteiger partial charge on any atom is -0.345 e. The number of carbonyl (C=O) groups is 1. The Morgan fingerprint density at radius 3 is 2.52 bits per heavy atom. The van der Waals surface area contributed by atoms with Gasteiger partial charge >= 0.3 is 0 Å². The number of benzene rings is 2. The highest BCUT2D eigenvalue weighted by atomic mass is 32.2. The molecule has 0 bridgehead atoms. The molecule has 5 nitrogen and oxygen atoms in total. The zero-order valence-corrected chi connectivity index (χ0v) is 16.7. The molecule has 6 heteroatoms. The molecule has 3 aromatic rings. The number of nitrogens with one attached hydrogen (secondary N) is 1. The molecule has 140 valence electrons. The molecule has 0 aliphatic rings. The van der Waals surface area contributed by atoms with Crippen LogP contribution in [0, 0.1) is 13.8 Å². The molecule has 2 aromatic carbocycles. The summed E-state index contributed by atoms with van der Waals surface area (Å²) in [7, 11) is 0. The number of aryl methyl sites for hydroxylation is 2. The van der Waals surface area contributed by atoms with Crippen LogP contribution >= 0.6 is 11.8 Å². The van der Waals surface area contributed by atoms with E-state index < -0.39 is 0 Å². The Morgan fingerprint density at radius 1 is 1.07 bits per heavy atom. The number of nitrogens with zero attached hydrogens (tertiary/aromatic N) is 3. The Labute approximate surface area is 164 Å². The van der Waals surface area contributed by atoms with E-state index in [-0.39, 0.29) is 5.91 Å². The Kier molecular flexibility index (Phi) is 6.29. The number of hydrogen-bond acceptors (Lipinski definition) is 4. The van der Waals surface area contributed by atoms with Crippen LogP contribution in [0.5, 0.6) is 0 Å². The summed E-state index contributed by atoms with van der Waals surface area (Å²) >= 11 is 1.68. The zero-order chi connectivity index (χ0) is 19.2. The number of hydrogen-bond donors (Lipinski definition) is 1. The standard InChI is InChI=1S/C21H24N4OS/c1-4-11-27-21-24-23-19(25(21)18-10-6-8-16(3)13-18)14-22-20(26)17-9-5-7-15(2)12-17/h5-10,12-13H,4,11,14H2,1-3H3,(H,22,26). The van der Waals surface area contributed by atoms with Crippen molar-refractivity contribution in [2.45, 2.75) is 38.9 Å². The second kappa shape index (κ2) is 8.86. The molecule has 0 fully saturated rings. The van der Waals surface area contributed by atoms with Gasteiger partial charge in [0.25, 0.3) is 5.91 Å². The summed E-state index contributed by atoms with van der Waals surface area (Å²) in [5, 5.41) is 12.5. The van der Waals surface area contributed by atoms with Gasteiger partial charge in [-0.25, -0.2) is 0 Å². The second-order valence-electron chi connectivity index (χ2n) is 6.47. The number of rotatable bonds is 7. The van der Waals surface area contributed by atoms with Gasteiger partial charge in [-0.05, 0) is 50.1 Å². The van der Waals surface area contributed by atoms with Gasteiger partial charge in [0.15, 0.2) is 11.0 Å². The van der Waals surface area contributed by atoms with Gasteiger partial charge in [-0.1, -0.05) is 48.5 Å². The first-order valence-electron chi connectivity index (χ1n) is 9.07. The van der Waals surface area contributed by atoms with Crippen LogP contribution in [0.4, 0.5) is 0 Å². The summed E-state index contributed by atoms with van der Waals surface area (Å²) in [5.41, 5.74) is 3.89. The molecule has 1 N–H and O–H groups in total. The van der Waals surface area contributed by atoms with Gasteiger partial charge in [0.05, 0.1) is 6.54 Å². The molecule has 1 aromatic heterocycles. The molecule has 3 rings (SSSR count). The lowest BCUT2D eigenvalue weighted by atomic mass is 10.1. The van der Waals surface area contributed by atoms with Crippen LogP contribution in [0.25, 0.3) is 5.69 Å². The van der Waals surface area contributed by atoms with Crippen molar-refractivity contribution in [2.75, 3.05) is 5.75 Å². The van der Waals surface area contributed by atoms with Crippen molar-refractivity contribution in [1.29, 1.82) is 0 Å². The van der Waals surface area contributed by atoms with Crippen LogP contribution in [-0.2, 0) is 6.54 Å². The van der Waals surface area contributed by atoms with E-state index in [0.717, 1.165) is 34.4 Å². The third-order valence-electron chi connectivity index (χ3n) is 4.08. The Morgan fingerprint density at radius 2 is 1.81 bits per heavy atom. The van der Waals surface area contributed by atoms with Crippen molar-refractivity contribution in [1.82, 2.24) is 20.1 Å². The fraction of sp³-hybridized carbons (Fsp3) is 0.286. The highest BCUT2D eigenvalue weighted by Crippen LogP contribution is 2.23. The van der Waals surface area contributed by atoms with Crippen LogP contribution in [-0.4, -0.2) is 26.4 Å². The van der Waals surface area contributed by atoms with E-state index in [1.165, 1.54) is 5.56 Å². The fourth-order valence-electron chi connectivity index (χ4n) is 2.78. The molecule has 0 aliphatic carbocycles. The molecular weight excluding hydrogens is 356 g/mol. The third kappa shape index (κ3) is 4.77. The maximum atomic E-state index is 12.5. The predicted molar refractivity (Wildman–Crippen MR) is 109 cm³/mol. The molecule has 0 saturated carbocycles. The highest BCUT2D eigenvalue weighted by Gasteiger charge is 2.15. The molecule has 0 spiro atoms. The van der Waals surface area contributed by atoms with E-state index in [0.29, 0.717) is 12.1 Å². The monoisotopic (exact) mass is 380 g/mol. The third-order valence-corrected chi connectivity index (χ3v) is 5.22. The summed E-state index contributed by atoms with van der Waals surface area (Å²) in [6, 6.07) is 15.8. The lowest BCUT2D eigenvalue weighted by Gasteiger charge is -2.11. The summed E-state index contributed by atoms with van der Waals surface area (Å²) in [6.45, 7) is 6.50. The van der Waals surface area contributed by atoms with Crippen LogP contribution in [0.2, 0.25) is 0 Å². The first-order chi connectivity index (χ1) is 13.1. The topological polar surface area (TPSA) is 59.8 Å². The molecule has 0 aliphatic heterocycles. The smallest absolute Gasteiger partial charge is 0.251 e. The van der Waals surface area contributed by atoms with Gasteiger partial charge in [0, 0.05) is 17.0 Å². The van der Waals surface area contributed by atoms with Gasteiger partial charge < -0.3 is 5.32 Å². The van der Waals surface area contributed by atoms with Gasteiger partial charge in [0.1, 0.15) is 0 Å². The number of thioether (sulfide) groups is 1. The van der Waals surface area contributed by atoms with Gasteiger partial charge in [-0.3, -0.25) is 9.36 Å². The summed E-state index contributed by atoms with van der Waals surface area (Å²) < 4.78 is 2.03. The predicted octanol–water partition coefficient (Wildman–Crippen LogP) is 4.32. The maximum Gasteiger partial charge on any atom is 0.251 e. The molecule has 1 heterocycles. The molecule has 1 amide bonds. The van der Waals surface area contributed by atoms with E-state index in [4.69, 9.17) is 0 Å². The first-order valence-corrected chi connectivity index (χ1v) is 10.1. The molecule has 0 unspecified atom stereocenters. The van der Waals surface area contributed by atoms with E-state index >= 15 is 0 Å². The fourth-order valence-corrected chi connectivity index (χ4v) is 3.60. The van der Waals surface area contributed by atoms with Crippen molar-refractivity contribution in [3.63, 3.8) is 0 Å². The SMILES string of the molecule is CCCSc1nnc(CNC(=O)c2cccc(C)c2)n1-c1cccc(C)c1. The first kappa shape index (κ1) is 19.2. The summed E-state index contributed by atoms with van der Waals surface area (Å²) in [5.74, 6) is 1.58. The van der Waals surface area contributed by atoms with E-state index in [1.54, 1.807) is 11.8 Å². The maximum absolute atomic E-state index is 12.5. The largest absolute Gasteiger partial charge is 0.345 e. The number of amides is 1. The van der Waals surface area contributed by atoms with Gasteiger partial charge in [-0.2, -0.15) is 0 Å².